The maximum absolute atomic E-state index is 13.5. The number of anilines is 1. The summed E-state index contributed by atoms with van der Waals surface area (Å²) < 4.78 is 39.2. The molecule has 1 amide bonds. The van der Waals surface area contributed by atoms with E-state index < -0.39 is 22.5 Å². The summed E-state index contributed by atoms with van der Waals surface area (Å²) in [6.07, 6.45) is 1.48. The highest BCUT2D eigenvalue weighted by atomic mass is 32.2. The highest BCUT2D eigenvalue weighted by molar-refractivity contribution is 7.92. The van der Waals surface area contributed by atoms with Crippen LogP contribution in [-0.2, 0) is 21.4 Å². The molecule has 0 aliphatic carbocycles. The second-order valence-electron chi connectivity index (χ2n) is 8.39. The standard InChI is InChI=1S/C30H29N3O5S/c1-2-37-27-17-19-29(20-18-27)39(35,36)33(26-11-7-4-8-12-26)22-30(34)32-31-21-24-13-15-28(16-14-24)38-23-25-9-5-3-6-10-25/h3-21H,2,22-23H2,1H3,(H,32,34)/b31-21-. The number of carbonyl (C=O) groups is 1. The fourth-order valence-electron chi connectivity index (χ4n) is 3.65. The number of ether oxygens (including phenoxy) is 2. The molecular formula is C30H29N3O5S. The van der Waals surface area contributed by atoms with Crippen molar-refractivity contribution in [3.05, 3.63) is 120 Å². The first-order chi connectivity index (χ1) is 19.0. The first kappa shape index (κ1) is 27.4. The van der Waals surface area contributed by atoms with Gasteiger partial charge in [0.05, 0.1) is 23.4 Å². The zero-order valence-electron chi connectivity index (χ0n) is 21.4. The van der Waals surface area contributed by atoms with Crippen molar-refractivity contribution in [2.24, 2.45) is 5.10 Å². The molecule has 0 unspecified atom stereocenters. The summed E-state index contributed by atoms with van der Waals surface area (Å²) in [5.74, 6) is 0.677. The number of rotatable bonds is 12. The third kappa shape index (κ3) is 7.68. The van der Waals surface area contributed by atoms with Crippen LogP contribution in [0.2, 0.25) is 0 Å². The number of nitrogens with one attached hydrogen (secondary N) is 1. The van der Waals surface area contributed by atoms with Gasteiger partial charge >= 0.3 is 0 Å². The van der Waals surface area contributed by atoms with Gasteiger partial charge in [-0.2, -0.15) is 5.10 Å². The maximum Gasteiger partial charge on any atom is 0.264 e. The van der Waals surface area contributed by atoms with Crippen molar-refractivity contribution in [1.29, 1.82) is 0 Å². The van der Waals surface area contributed by atoms with Crippen LogP contribution in [0, 0.1) is 0 Å². The van der Waals surface area contributed by atoms with Crippen molar-refractivity contribution in [3.8, 4) is 11.5 Å². The van der Waals surface area contributed by atoms with Crippen LogP contribution in [0.5, 0.6) is 11.5 Å². The summed E-state index contributed by atoms with van der Waals surface area (Å²) in [4.78, 5) is 12.8. The van der Waals surface area contributed by atoms with Crippen LogP contribution in [-0.4, -0.2) is 33.7 Å². The molecule has 0 heterocycles. The smallest absolute Gasteiger partial charge is 0.264 e. The van der Waals surface area contributed by atoms with Crippen molar-refractivity contribution >= 4 is 27.8 Å². The van der Waals surface area contributed by atoms with Gasteiger partial charge in [0, 0.05) is 0 Å². The zero-order valence-corrected chi connectivity index (χ0v) is 22.3. The van der Waals surface area contributed by atoms with E-state index in [1.165, 1.54) is 18.3 Å². The third-order valence-corrected chi connectivity index (χ3v) is 7.37. The van der Waals surface area contributed by atoms with Crippen LogP contribution in [0.4, 0.5) is 5.69 Å². The number of amides is 1. The van der Waals surface area contributed by atoms with E-state index in [1.54, 1.807) is 42.5 Å². The summed E-state index contributed by atoms with van der Waals surface area (Å²) in [5, 5.41) is 3.99. The summed E-state index contributed by atoms with van der Waals surface area (Å²) in [6.45, 7) is 2.32. The van der Waals surface area contributed by atoms with E-state index in [4.69, 9.17) is 9.47 Å². The molecule has 200 valence electrons. The van der Waals surface area contributed by atoms with Gasteiger partial charge in [0.25, 0.3) is 15.9 Å². The molecule has 1 N–H and O–H groups in total. The summed E-state index contributed by atoms with van der Waals surface area (Å²) in [7, 11) is -4.04. The van der Waals surface area contributed by atoms with Gasteiger partial charge in [0.15, 0.2) is 0 Å². The number of carbonyl (C=O) groups excluding carboxylic acids is 1. The van der Waals surface area contributed by atoms with E-state index in [1.807, 2.05) is 61.5 Å². The number of hydrogen-bond donors (Lipinski definition) is 1. The van der Waals surface area contributed by atoms with Gasteiger partial charge in [0.2, 0.25) is 0 Å². The summed E-state index contributed by atoms with van der Waals surface area (Å²) in [6, 6.07) is 31.6. The van der Waals surface area contributed by atoms with Gasteiger partial charge in [-0.3, -0.25) is 9.10 Å². The molecule has 39 heavy (non-hydrogen) atoms. The Kier molecular flexibility index (Phi) is 9.31. The van der Waals surface area contributed by atoms with Gasteiger partial charge in [0.1, 0.15) is 24.7 Å². The molecular weight excluding hydrogens is 514 g/mol. The number of benzene rings is 4. The Morgan fingerprint density at radius 3 is 2.05 bits per heavy atom. The molecule has 0 atom stereocenters. The van der Waals surface area contributed by atoms with Crippen molar-refractivity contribution in [2.75, 3.05) is 17.5 Å². The molecule has 0 aliphatic rings. The van der Waals surface area contributed by atoms with Gasteiger partial charge < -0.3 is 9.47 Å². The number of nitrogens with zero attached hydrogens (tertiary/aromatic N) is 2. The Hall–Kier alpha value is -4.63. The van der Waals surface area contributed by atoms with E-state index in [-0.39, 0.29) is 4.90 Å². The normalized spacial score (nSPS) is 11.2. The van der Waals surface area contributed by atoms with Crippen molar-refractivity contribution < 1.29 is 22.7 Å². The van der Waals surface area contributed by atoms with Crippen LogP contribution in [0.25, 0.3) is 0 Å². The number of para-hydroxylation sites is 1. The molecule has 4 rings (SSSR count). The number of hydrazone groups is 1. The average Bonchev–Trinajstić information content (AvgIpc) is 2.97. The molecule has 4 aromatic carbocycles. The fraction of sp³-hybridized carbons (Fsp3) is 0.133. The van der Waals surface area contributed by atoms with Gasteiger partial charge in [-0.25, -0.2) is 13.8 Å². The van der Waals surface area contributed by atoms with Crippen LogP contribution < -0.4 is 19.2 Å². The van der Waals surface area contributed by atoms with E-state index in [0.29, 0.717) is 30.4 Å². The van der Waals surface area contributed by atoms with E-state index >= 15 is 0 Å². The minimum Gasteiger partial charge on any atom is -0.494 e. The molecule has 8 nitrogen and oxygen atoms in total. The largest absolute Gasteiger partial charge is 0.494 e. The molecule has 0 bridgehead atoms. The minimum absolute atomic E-state index is 0.0423. The molecule has 0 spiro atoms. The number of sulfonamides is 1. The Bertz CT molecular complexity index is 1480. The predicted octanol–water partition coefficient (Wildman–Crippen LogP) is 5.01. The first-order valence-electron chi connectivity index (χ1n) is 12.3. The van der Waals surface area contributed by atoms with Crippen molar-refractivity contribution in [3.63, 3.8) is 0 Å². The molecule has 0 aromatic heterocycles. The first-order valence-corrected chi connectivity index (χ1v) is 13.8. The lowest BCUT2D eigenvalue weighted by molar-refractivity contribution is -0.119. The SMILES string of the molecule is CCOc1ccc(S(=O)(=O)N(CC(=O)N/N=C\c2ccc(OCc3ccccc3)cc2)c2ccccc2)cc1. The monoisotopic (exact) mass is 543 g/mol. The minimum atomic E-state index is -4.04. The Morgan fingerprint density at radius 1 is 0.821 bits per heavy atom. The van der Waals surface area contributed by atoms with Gasteiger partial charge in [-0.05, 0) is 78.7 Å². The van der Waals surface area contributed by atoms with Crippen LogP contribution in [0.1, 0.15) is 18.1 Å². The lowest BCUT2D eigenvalue weighted by Gasteiger charge is -2.23. The highest BCUT2D eigenvalue weighted by Gasteiger charge is 2.27. The maximum atomic E-state index is 13.5. The Balaban J connectivity index is 1.39. The predicted molar refractivity (Wildman–Crippen MR) is 152 cm³/mol. The van der Waals surface area contributed by atoms with Crippen molar-refractivity contribution in [2.45, 2.75) is 18.4 Å². The number of hydrogen-bond acceptors (Lipinski definition) is 6. The van der Waals surface area contributed by atoms with Crippen LogP contribution in [0.3, 0.4) is 0 Å². The summed E-state index contributed by atoms with van der Waals surface area (Å²) >= 11 is 0. The fourth-order valence-corrected chi connectivity index (χ4v) is 5.07. The molecule has 0 saturated carbocycles. The molecule has 4 aromatic rings. The highest BCUT2D eigenvalue weighted by Crippen LogP contribution is 2.25. The lowest BCUT2D eigenvalue weighted by atomic mass is 10.2. The third-order valence-electron chi connectivity index (χ3n) is 5.59. The molecule has 0 fully saturated rings. The topological polar surface area (TPSA) is 97.3 Å². The molecule has 0 aliphatic heterocycles. The Morgan fingerprint density at radius 2 is 1.41 bits per heavy atom. The second-order valence-corrected chi connectivity index (χ2v) is 10.3. The van der Waals surface area contributed by atoms with E-state index in [2.05, 4.69) is 10.5 Å². The lowest BCUT2D eigenvalue weighted by Crippen LogP contribution is -2.39. The van der Waals surface area contributed by atoms with Gasteiger partial charge in [-0.15, -0.1) is 0 Å². The molecule has 0 radical (unpaired) electrons. The summed E-state index contributed by atoms with van der Waals surface area (Å²) in [5.41, 5.74) is 4.58. The quantitative estimate of drug-likeness (QED) is 0.200. The van der Waals surface area contributed by atoms with E-state index in [0.717, 1.165) is 15.4 Å². The Labute approximate surface area is 228 Å². The second kappa shape index (κ2) is 13.3. The van der Waals surface area contributed by atoms with Crippen molar-refractivity contribution in [1.82, 2.24) is 5.43 Å². The average molecular weight is 544 g/mol. The van der Waals surface area contributed by atoms with E-state index in [9.17, 15) is 13.2 Å². The molecule has 0 saturated heterocycles. The molecule has 9 heteroatoms. The zero-order chi connectivity index (χ0) is 27.5. The van der Waals surface area contributed by atoms with Gasteiger partial charge in [-0.1, -0.05) is 48.5 Å². The van der Waals surface area contributed by atoms with Crippen LogP contribution in [0.15, 0.2) is 119 Å². The van der Waals surface area contributed by atoms with Crippen LogP contribution >= 0.6 is 0 Å².